The quantitative estimate of drug-likeness (QED) is 0.756. The van der Waals surface area contributed by atoms with Crippen LogP contribution in [0.3, 0.4) is 0 Å². The topological polar surface area (TPSA) is 70.5 Å². The Labute approximate surface area is 122 Å². The van der Waals surface area contributed by atoms with Crippen LogP contribution in [0.1, 0.15) is 16.1 Å². The maximum atomic E-state index is 12.2. The Balaban J connectivity index is 2.15. The molecule has 0 saturated carbocycles. The molecular weight excluding hydrogens is 272 g/mol. The third kappa shape index (κ3) is 3.47. The summed E-state index contributed by atoms with van der Waals surface area (Å²) in [6.45, 7) is 0. The predicted octanol–water partition coefficient (Wildman–Crippen LogP) is 1.93. The lowest BCUT2D eigenvalue weighted by molar-refractivity contribution is 0.0991. The van der Waals surface area contributed by atoms with Gasteiger partial charge >= 0.3 is 0 Å². The number of hydrogen-bond acceptors (Lipinski definition) is 6. The molecule has 2 aromatic rings. The fourth-order valence-electron chi connectivity index (χ4n) is 1.83. The molecule has 0 unspecified atom stereocenters. The first-order valence-electron chi connectivity index (χ1n) is 6.29. The second-order valence-corrected chi connectivity index (χ2v) is 4.24. The molecule has 0 radical (unpaired) electrons. The van der Waals surface area contributed by atoms with E-state index in [-0.39, 0.29) is 12.2 Å². The van der Waals surface area contributed by atoms with Gasteiger partial charge in [-0.05, 0) is 24.3 Å². The van der Waals surface area contributed by atoms with Crippen LogP contribution in [0.2, 0.25) is 0 Å². The maximum absolute atomic E-state index is 12.2. The van der Waals surface area contributed by atoms with Crippen molar-refractivity contribution in [1.82, 2.24) is 10.2 Å². The average molecular weight is 288 g/mol. The fourth-order valence-corrected chi connectivity index (χ4v) is 1.83. The summed E-state index contributed by atoms with van der Waals surface area (Å²) in [6.07, 6.45) is 0.159. The van der Waals surface area contributed by atoms with Gasteiger partial charge in [-0.1, -0.05) is 0 Å². The van der Waals surface area contributed by atoms with Crippen molar-refractivity contribution in [2.24, 2.45) is 0 Å². The molecule has 0 atom stereocenters. The Kier molecular flexibility index (Phi) is 4.71. The summed E-state index contributed by atoms with van der Waals surface area (Å²) in [4.78, 5) is 12.2. The number of ether oxygens (including phenoxy) is 3. The molecule has 6 heteroatoms. The molecule has 1 aromatic heterocycles. The number of Topliss-reactive ketones (excluding diaryl/α,β-unsaturated/α-hetero) is 1. The van der Waals surface area contributed by atoms with Crippen LogP contribution in [-0.4, -0.2) is 37.3 Å². The van der Waals surface area contributed by atoms with E-state index < -0.39 is 0 Å². The number of benzene rings is 1. The van der Waals surface area contributed by atoms with Crippen LogP contribution < -0.4 is 14.2 Å². The smallest absolute Gasteiger partial charge is 0.233 e. The van der Waals surface area contributed by atoms with Crippen molar-refractivity contribution in [2.45, 2.75) is 6.42 Å². The molecule has 0 aliphatic heterocycles. The third-order valence-electron chi connectivity index (χ3n) is 2.95. The Morgan fingerprint density at radius 1 is 0.952 bits per heavy atom. The average Bonchev–Trinajstić information content (AvgIpc) is 2.54. The molecule has 1 heterocycles. The minimum absolute atomic E-state index is 0.0737. The van der Waals surface area contributed by atoms with Crippen LogP contribution in [-0.2, 0) is 6.42 Å². The van der Waals surface area contributed by atoms with Crippen molar-refractivity contribution in [3.63, 3.8) is 0 Å². The van der Waals surface area contributed by atoms with Crippen LogP contribution in [0, 0.1) is 0 Å². The van der Waals surface area contributed by atoms with Crippen molar-refractivity contribution in [3.8, 4) is 17.4 Å². The normalized spacial score (nSPS) is 10.0. The molecule has 0 saturated heterocycles. The SMILES string of the molecule is COc1ccc(CC(=O)c2ccc(OC)c(OC)c2)nn1. The van der Waals surface area contributed by atoms with E-state index in [4.69, 9.17) is 14.2 Å². The number of carbonyl (C=O) groups is 1. The minimum atomic E-state index is -0.0737. The molecule has 0 N–H and O–H groups in total. The van der Waals surface area contributed by atoms with Gasteiger partial charge in [-0.25, -0.2) is 0 Å². The lowest BCUT2D eigenvalue weighted by Gasteiger charge is -2.09. The summed E-state index contributed by atoms with van der Waals surface area (Å²) in [5, 5.41) is 7.78. The van der Waals surface area contributed by atoms with Crippen molar-refractivity contribution < 1.29 is 19.0 Å². The molecule has 6 nitrogen and oxygen atoms in total. The fraction of sp³-hybridized carbons (Fsp3) is 0.267. The monoisotopic (exact) mass is 288 g/mol. The van der Waals surface area contributed by atoms with Gasteiger partial charge in [-0.2, -0.15) is 5.10 Å². The van der Waals surface area contributed by atoms with Crippen molar-refractivity contribution in [1.29, 1.82) is 0 Å². The highest BCUT2D eigenvalue weighted by atomic mass is 16.5. The summed E-state index contributed by atoms with van der Waals surface area (Å²) in [5.74, 6) is 1.44. The Morgan fingerprint density at radius 2 is 1.71 bits per heavy atom. The zero-order valence-corrected chi connectivity index (χ0v) is 12.1. The first-order valence-corrected chi connectivity index (χ1v) is 6.29. The van der Waals surface area contributed by atoms with Gasteiger partial charge in [0.05, 0.1) is 33.4 Å². The molecule has 0 spiro atoms. The maximum Gasteiger partial charge on any atom is 0.233 e. The molecule has 0 aliphatic carbocycles. The molecule has 0 fully saturated rings. The van der Waals surface area contributed by atoms with E-state index in [1.54, 1.807) is 37.4 Å². The van der Waals surface area contributed by atoms with Gasteiger partial charge in [-0.15, -0.1) is 5.10 Å². The van der Waals surface area contributed by atoms with Crippen molar-refractivity contribution in [2.75, 3.05) is 21.3 Å². The summed E-state index contributed by atoms with van der Waals surface area (Å²) in [5.41, 5.74) is 1.11. The Bertz CT molecular complexity index is 626. The number of ketones is 1. The highest BCUT2D eigenvalue weighted by molar-refractivity contribution is 5.97. The van der Waals surface area contributed by atoms with Crippen LogP contribution in [0.25, 0.3) is 0 Å². The third-order valence-corrected chi connectivity index (χ3v) is 2.95. The number of aromatic nitrogens is 2. The minimum Gasteiger partial charge on any atom is -0.493 e. The standard InChI is InChI=1S/C15H16N2O4/c1-19-13-6-4-10(8-14(13)20-2)12(18)9-11-5-7-15(21-3)17-16-11/h4-8H,9H2,1-3H3. The van der Waals surface area contributed by atoms with Gasteiger partial charge in [0.1, 0.15) is 0 Å². The van der Waals surface area contributed by atoms with Crippen LogP contribution in [0.4, 0.5) is 0 Å². The van der Waals surface area contributed by atoms with Crippen molar-refractivity contribution >= 4 is 5.78 Å². The van der Waals surface area contributed by atoms with E-state index in [1.807, 2.05) is 0 Å². The van der Waals surface area contributed by atoms with Gasteiger partial charge in [0.15, 0.2) is 17.3 Å². The first kappa shape index (κ1) is 14.8. The van der Waals surface area contributed by atoms with E-state index >= 15 is 0 Å². The lowest BCUT2D eigenvalue weighted by atomic mass is 10.1. The second kappa shape index (κ2) is 6.69. The van der Waals surface area contributed by atoms with Gasteiger partial charge in [0.2, 0.25) is 5.88 Å². The second-order valence-electron chi connectivity index (χ2n) is 4.24. The number of nitrogens with zero attached hydrogens (tertiary/aromatic N) is 2. The molecule has 0 bridgehead atoms. The summed E-state index contributed by atoms with van der Waals surface area (Å²) < 4.78 is 15.3. The van der Waals surface area contributed by atoms with E-state index in [2.05, 4.69) is 10.2 Å². The number of rotatable bonds is 6. The molecule has 110 valence electrons. The Hall–Kier alpha value is -2.63. The van der Waals surface area contributed by atoms with Crippen LogP contribution >= 0.6 is 0 Å². The van der Waals surface area contributed by atoms with E-state index in [9.17, 15) is 4.79 Å². The molecule has 1 aromatic carbocycles. The van der Waals surface area contributed by atoms with Crippen LogP contribution in [0.15, 0.2) is 30.3 Å². The molecule has 21 heavy (non-hydrogen) atoms. The zero-order chi connectivity index (χ0) is 15.2. The van der Waals surface area contributed by atoms with Crippen molar-refractivity contribution in [3.05, 3.63) is 41.6 Å². The summed E-state index contributed by atoms with van der Waals surface area (Å²) in [6, 6.07) is 8.43. The lowest BCUT2D eigenvalue weighted by Crippen LogP contribution is -2.06. The number of carbonyl (C=O) groups excluding carboxylic acids is 1. The first-order chi connectivity index (χ1) is 10.2. The highest BCUT2D eigenvalue weighted by Crippen LogP contribution is 2.28. The Morgan fingerprint density at radius 3 is 2.29 bits per heavy atom. The molecule has 2 rings (SSSR count). The van der Waals surface area contributed by atoms with Gasteiger partial charge in [0, 0.05) is 11.6 Å². The molecule has 0 amide bonds. The molecule has 0 aliphatic rings. The van der Waals surface area contributed by atoms with Gasteiger partial charge < -0.3 is 14.2 Å². The van der Waals surface area contributed by atoms with Gasteiger partial charge in [0.25, 0.3) is 0 Å². The summed E-state index contributed by atoms with van der Waals surface area (Å²) >= 11 is 0. The van der Waals surface area contributed by atoms with Gasteiger partial charge in [-0.3, -0.25) is 4.79 Å². The number of hydrogen-bond donors (Lipinski definition) is 0. The van der Waals surface area contributed by atoms with E-state index in [0.29, 0.717) is 28.6 Å². The van der Waals surface area contributed by atoms with E-state index in [0.717, 1.165) is 0 Å². The highest BCUT2D eigenvalue weighted by Gasteiger charge is 2.12. The van der Waals surface area contributed by atoms with Crippen LogP contribution in [0.5, 0.6) is 17.4 Å². The predicted molar refractivity (Wildman–Crippen MR) is 76.2 cm³/mol. The number of methoxy groups -OCH3 is 3. The van der Waals surface area contributed by atoms with E-state index in [1.165, 1.54) is 14.2 Å². The summed E-state index contributed by atoms with van der Waals surface area (Å²) in [7, 11) is 4.59. The molecular formula is C15H16N2O4. The largest absolute Gasteiger partial charge is 0.493 e. The zero-order valence-electron chi connectivity index (χ0n) is 12.1.